The van der Waals surface area contributed by atoms with Crippen LogP contribution in [0.25, 0.3) is 0 Å². The van der Waals surface area contributed by atoms with Gasteiger partial charge in [0.1, 0.15) is 0 Å². The van der Waals surface area contributed by atoms with E-state index in [2.05, 4.69) is 5.10 Å². The summed E-state index contributed by atoms with van der Waals surface area (Å²) < 4.78 is 1.83. The average Bonchev–Trinajstić information content (AvgIpc) is 2.89. The van der Waals surface area contributed by atoms with E-state index >= 15 is 0 Å². The minimum Gasteiger partial charge on any atom is -0.395 e. The number of carbonyl (C=O) groups is 1. The molecule has 1 aromatic heterocycles. The number of carbonyl (C=O) groups excluding carboxylic acids is 1. The molecule has 0 aliphatic heterocycles. The van der Waals surface area contributed by atoms with Crippen LogP contribution in [0.3, 0.4) is 0 Å². The lowest BCUT2D eigenvalue weighted by Crippen LogP contribution is -2.38. The van der Waals surface area contributed by atoms with E-state index in [9.17, 15) is 9.90 Å². The number of nitrogens with zero attached hydrogens (tertiary/aromatic N) is 3. The monoisotopic (exact) mass is 307 g/mol. The molecular weight excluding hydrogens is 278 g/mol. The third kappa shape index (κ3) is 4.09. The molecule has 2 rings (SSSR count). The first-order valence-electron chi connectivity index (χ1n) is 8.48. The van der Waals surface area contributed by atoms with Crippen molar-refractivity contribution in [3.05, 3.63) is 17.5 Å². The minimum absolute atomic E-state index is 0.00373. The molecule has 1 N–H and O–H groups in total. The lowest BCUT2D eigenvalue weighted by Gasteiger charge is -2.29. The van der Waals surface area contributed by atoms with Gasteiger partial charge in [-0.25, -0.2) is 0 Å². The molecule has 1 heterocycles. The molecule has 1 saturated carbocycles. The van der Waals surface area contributed by atoms with Crippen molar-refractivity contribution < 1.29 is 9.90 Å². The quantitative estimate of drug-likeness (QED) is 0.879. The second-order valence-corrected chi connectivity index (χ2v) is 6.68. The molecule has 0 atom stereocenters. The van der Waals surface area contributed by atoms with E-state index in [1.165, 1.54) is 32.1 Å². The van der Waals surface area contributed by atoms with Gasteiger partial charge >= 0.3 is 0 Å². The van der Waals surface area contributed by atoms with E-state index in [0.29, 0.717) is 18.0 Å². The third-order valence-corrected chi connectivity index (χ3v) is 4.54. The number of rotatable bonds is 6. The Balaban J connectivity index is 2.11. The highest BCUT2D eigenvalue weighted by molar-refractivity contribution is 5.95. The van der Waals surface area contributed by atoms with Gasteiger partial charge in [-0.05, 0) is 39.5 Å². The predicted octanol–water partition coefficient (Wildman–Crippen LogP) is 2.79. The maximum absolute atomic E-state index is 12.8. The summed E-state index contributed by atoms with van der Waals surface area (Å²) in [6, 6.07) is 0.241. The zero-order chi connectivity index (χ0) is 16.1. The van der Waals surface area contributed by atoms with E-state index in [0.717, 1.165) is 12.2 Å². The van der Waals surface area contributed by atoms with Crippen molar-refractivity contribution in [2.75, 3.05) is 19.7 Å². The molecule has 0 unspecified atom stereocenters. The predicted molar refractivity (Wildman–Crippen MR) is 86.9 cm³/mol. The Bertz CT molecular complexity index is 490. The van der Waals surface area contributed by atoms with Crippen LogP contribution in [-0.2, 0) is 0 Å². The SMILES string of the molecule is Cc1nn(C(C)C)cc1C(=O)N(CCO)CC1CCCCC1. The summed E-state index contributed by atoms with van der Waals surface area (Å²) in [5.74, 6) is 0.578. The van der Waals surface area contributed by atoms with E-state index in [1.807, 2.05) is 36.5 Å². The number of aromatic nitrogens is 2. The van der Waals surface area contributed by atoms with Crippen LogP contribution >= 0.6 is 0 Å². The van der Waals surface area contributed by atoms with Crippen LogP contribution in [-0.4, -0.2) is 45.4 Å². The Hall–Kier alpha value is -1.36. The fourth-order valence-electron chi connectivity index (χ4n) is 3.20. The highest BCUT2D eigenvalue weighted by atomic mass is 16.3. The molecule has 5 heteroatoms. The summed E-state index contributed by atoms with van der Waals surface area (Å²) in [4.78, 5) is 14.6. The average molecular weight is 307 g/mol. The Morgan fingerprint density at radius 1 is 1.41 bits per heavy atom. The molecule has 124 valence electrons. The smallest absolute Gasteiger partial charge is 0.257 e. The van der Waals surface area contributed by atoms with Crippen molar-refractivity contribution in [1.82, 2.24) is 14.7 Å². The van der Waals surface area contributed by atoms with Gasteiger partial charge in [0.05, 0.1) is 17.9 Å². The van der Waals surface area contributed by atoms with Gasteiger partial charge in [0.25, 0.3) is 5.91 Å². The highest BCUT2D eigenvalue weighted by Gasteiger charge is 2.24. The standard InChI is InChI=1S/C17H29N3O2/c1-13(2)20-12-16(14(3)18-20)17(22)19(9-10-21)11-15-7-5-4-6-8-15/h12-13,15,21H,4-11H2,1-3H3. The fraction of sp³-hybridized carbons (Fsp3) is 0.765. The van der Waals surface area contributed by atoms with Crippen molar-refractivity contribution in [2.24, 2.45) is 5.92 Å². The van der Waals surface area contributed by atoms with Crippen LogP contribution in [0.15, 0.2) is 6.20 Å². The first-order valence-corrected chi connectivity index (χ1v) is 8.48. The highest BCUT2D eigenvalue weighted by Crippen LogP contribution is 2.25. The number of amides is 1. The Kier molecular flexibility index (Phi) is 6.00. The normalized spacial score (nSPS) is 16.2. The summed E-state index contributed by atoms with van der Waals surface area (Å²) in [6.07, 6.45) is 8.06. The van der Waals surface area contributed by atoms with E-state index in [1.54, 1.807) is 0 Å². The van der Waals surface area contributed by atoms with Crippen molar-refractivity contribution in [3.63, 3.8) is 0 Å². The lowest BCUT2D eigenvalue weighted by molar-refractivity contribution is 0.0674. The van der Waals surface area contributed by atoms with Crippen LogP contribution in [0.2, 0.25) is 0 Å². The van der Waals surface area contributed by atoms with Crippen LogP contribution in [0.4, 0.5) is 0 Å². The van der Waals surface area contributed by atoms with Gasteiger partial charge in [0.2, 0.25) is 0 Å². The molecule has 0 radical (unpaired) electrons. The molecular formula is C17H29N3O2. The molecule has 1 fully saturated rings. The maximum atomic E-state index is 12.8. The molecule has 0 aromatic carbocycles. The van der Waals surface area contributed by atoms with Gasteiger partial charge < -0.3 is 10.0 Å². The van der Waals surface area contributed by atoms with Gasteiger partial charge in [0.15, 0.2) is 0 Å². The second-order valence-electron chi connectivity index (χ2n) is 6.68. The topological polar surface area (TPSA) is 58.4 Å². The first kappa shape index (κ1) is 17.0. The summed E-state index contributed by atoms with van der Waals surface area (Å²) in [7, 11) is 0. The number of hydrogen-bond donors (Lipinski definition) is 1. The molecule has 0 bridgehead atoms. The van der Waals surface area contributed by atoms with Gasteiger partial charge in [-0.15, -0.1) is 0 Å². The second kappa shape index (κ2) is 7.77. The Morgan fingerprint density at radius 3 is 2.64 bits per heavy atom. The number of hydrogen-bond acceptors (Lipinski definition) is 3. The van der Waals surface area contributed by atoms with Crippen molar-refractivity contribution in [2.45, 2.75) is 58.9 Å². The lowest BCUT2D eigenvalue weighted by atomic mass is 9.89. The zero-order valence-electron chi connectivity index (χ0n) is 14.1. The molecule has 0 saturated heterocycles. The molecule has 1 aliphatic carbocycles. The number of aryl methyl sites for hydroxylation is 1. The number of aliphatic hydroxyl groups is 1. The molecule has 0 spiro atoms. The van der Waals surface area contributed by atoms with Crippen LogP contribution in [0.1, 0.15) is 68.0 Å². The summed E-state index contributed by atoms with van der Waals surface area (Å²) in [6.45, 7) is 7.15. The summed E-state index contributed by atoms with van der Waals surface area (Å²) >= 11 is 0. The van der Waals surface area contributed by atoms with Crippen molar-refractivity contribution in [3.8, 4) is 0 Å². The van der Waals surface area contributed by atoms with Gasteiger partial charge in [0, 0.05) is 25.3 Å². The molecule has 22 heavy (non-hydrogen) atoms. The molecule has 1 amide bonds. The van der Waals surface area contributed by atoms with E-state index < -0.39 is 0 Å². The Labute approximate surface area is 133 Å². The van der Waals surface area contributed by atoms with Gasteiger partial charge in [-0.2, -0.15) is 5.10 Å². The zero-order valence-corrected chi connectivity index (χ0v) is 14.1. The maximum Gasteiger partial charge on any atom is 0.257 e. The fourth-order valence-corrected chi connectivity index (χ4v) is 3.20. The first-order chi connectivity index (χ1) is 10.5. The van der Waals surface area contributed by atoms with Crippen LogP contribution in [0.5, 0.6) is 0 Å². The van der Waals surface area contributed by atoms with Crippen molar-refractivity contribution in [1.29, 1.82) is 0 Å². The van der Waals surface area contributed by atoms with E-state index in [-0.39, 0.29) is 18.6 Å². The van der Waals surface area contributed by atoms with Crippen LogP contribution in [0, 0.1) is 12.8 Å². The van der Waals surface area contributed by atoms with Crippen LogP contribution < -0.4 is 0 Å². The molecule has 1 aliphatic rings. The minimum atomic E-state index is 0.00373. The Morgan fingerprint density at radius 2 is 2.09 bits per heavy atom. The molecule has 5 nitrogen and oxygen atoms in total. The summed E-state index contributed by atoms with van der Waals surface area (Å²) in [5, 5.41) is 13.7. The van der Waals surface area contributed by atoms with Gasteiger partial charge in [-0.3, -0.25) is 9.48 Å². The third-order valence-electron chi connectivity index (χ3n) is 4.54. The summed E-state index contributed by atoms with van der Waals surface area (Å²) in [5.41, 5.74) is 1.43. The largest absolute Gasteiger partial charge is 0.395 e. The van der Waals surface area contributed by atoms with Crippen molar-refractivity contribution >= 4 is 5.91 Å². The van der Waals surface area contributed by atoms with E-state index in [4.69, 9.17) is 0 Å². The number of aliphatic hydroxyl groups excluding tert-OH is 1. The molecule has 1 aromatic rings. The van der Waals surface area contributed by atoms with Gasteiger partial charge in [-0.1, -0.05) is 19.3 Å².